The first-order valence-electron chi connectivity index (χ1n) is 11.0. The average molecular weight is 531 g/mol. The third-order valence-corrected chi connectivity index (χ3v) is 4.47. The zero-order valence-electron chi connectivity index (χ0n) is 21.2. The van der Waals surface area contributed by atoms with Crippen LogP contribution in [0.2, 0.25) is 0 Å². The van der Waals surface area contributed by atoms with Gasteiger partial charge in [0.2, 0.25) is 6.41 Å². The summed E-state index contributed by atoms with van der Waals surface area (Å²) in [5.41, 5.74) is -1.44. The normalized spacial score (nSPS) is 15.5. The van der Waals surface area contributed by atoms with Crippen molar-refractivity contribution in [2.24, 2.45) is 5.92 Å². The summed E-state index contributed by atoms with van der Waals surface area (Å²) in [6, 6.07) is 2.61. The molecule has 0 fully saturated rings. The van der Waals surface area contributed by atoms with Gasteiger partial charge in [0.25, 0.3) is 0 Å². The first-order valence-corrected chi connectivity index (χ1v) is 11.8. The lowest BCUT2D eigenvalue weighted by Gasteiger charge is -2.31. The molecule has 0 aliphatic carbocycles. The molecule has 8 nitrogen and oxygen atoms in total. The minimum absolute atomic E-state index is 0.0200. The van der Waals surface area contributed by atoms with Crippen LogP contribution in [0, 0.1) is 5.92 Å². The van der Waals surface area contributed by atoms with Crippen molar-refractivity contribution in [2.75, 3.05) is 0 Å². The van der Waals surface area contributed by atoms with Crippen molar-refractivity contribution in [2.45, 2.75) is 104 Å². The fraction of sp³-hybridized carbons (Fsp3) is 0.708. The minimum atomic E-state index is -1.44. The largest absolute Gasteiger partial charge is 0.460 e. The number of aliphatic hydroxyl groups excluding tert-OH is 1. The van der Waals surface area contributed by atoms with Gasteiger partial charge in [0.1, 0.15) is 17.2 Å². The van der Waals surface area contributed by atoms with Crippen LogP contribution in [0.1, 0.15) is 74.4 Å². The standard InChI is InChI=1S/C24H39BrN2O6/c1-22(2,3)31-19(28)15(12-17-11-10-16(25)14-26-17)13-18(20(29)32-23(4,5)6)27-21(30)33-24(7,8)9/h10-11,14-15,18,21,27,30H,12-13H2,1-9H3. The number of aliphatic hydroxyl groups is 1. The Kier molecular flexibility index (Phi) is 10.5. The number of nitrogens with zero attached hydrogens (tertiary/aromatic N) is 1. The summed E-state index contributed by atoms with van der Waals surface area (Å²) in [5.74, 6) is -1.78. The van der Waals surface area contributed by atoms with Gasteiger partial charge in [-0.1, -0.05) is 0 Å². The molecule has 0 spiro atoms. The van der Waals surface area contributed by atoms with E-state index in [2.05, 4.69) is 26.2 Å². The highest BCUT2D eigenvalue weighted by Gasteiger charge is 2.35. The molecule has 9 heteroatoms. The van der Waals surface area contributed by atoms with Crippen molar-refractivity contribution in [1.82, 2.24) is 10.3 Å². The van der Waals surface area contributed by atoms with E-state index in [1.54, 1.807) is 74.6 Å². The second-order valence-electron chi connectivity index (χ2n) is 11.0. The Morgan fingerprint density at radius 3 is 1.97 bits per heavy atom. The molecule has 0 saturated heterocycles. The number of pyridine rings is 1. The van der Waals surface area contributed by atoms with E-state index < -0.39 is 47.1 Å². The summed E-state index contributed by atoms with van der Waals surface area (Å²) >= 11 is 3.35. The molecule has 0 aliphatic heterocycles. The van der Waals surface area contributed by atoms with Gasteiger partial charge in [-0.05, 0) is 96.8 Å². The average Bonchev–Trinajstić information content (AvgIpc) is 2.57. The van der Waals surface area contributed by atoms with Crippen LogP contribution in [-0.2, 0) is 30.2 Å². The topological polar surface area (TPSA) is 107 Å². The Morgan fingerprint density at radius 1 is 0.970 bits per heavy atom. The van der Waals surface area contributed by atoms with Crippen LogP contribution in [0.4, 0.5) is 0 Å². The molecule has 0 radical (unpaired) electrons. The van der Waals surface area contributed by atoms with E-state index in [9.17, 15) is 14.7 Å². The Hall–Kier alpha value is -1.55. The Morgan fingerprint density at radius 2 is 1.52 bits per heavy atom. The Bertz CT molecular complexity index is 778. The number of esters is 2. The number of halogens is 1. The molecular formula is C24H39BrN2O6. The van der Waals surface area contributed by atoms with E-state index in [1.165, 1.54) is 0 Å². The summed E-state index contributed by atoms with van der Waals surface area (Å²) in [6.07, 6.45) is 0.477. The van der Waals surface area contributed by atoms with E-state index >= 15 is 0 Å². The molecule has 3 atom stereocenters. The Labute approximate surface area is 205 Å². The van der Waals surface area contributed by atoms with Crippen molar-refractivity contribution in [3.05, 3.63) is 28.5 Å². The maximum atomic E-state index is 13.1. The van der Waals surface area contributed by atoms with Crippen LogP contribution in [-0.4, -0.2) is 51.3 Å². The monoisotopic (exact) mass is 530 g/mol. The van der Waals surface area contributed by atoms with E-state index in [1.807, 2.05) is 6.07 Å². The molecule has 3 unspecified atom stereocenters. The highest BCUT2D eigenvalue weighted by atomic mass is 79.9. The van der Waals surface area contributed by atoms with Gasteiger partial charge in [-0.2, -0.15) is 0 Å². The van der Waals surface area contributed by atoms with E-state index in [-0.39, 0.29) is 12.8 Å². The van der Waals surface area contributed by atoms with Gasteiger partial charge < -0.3 is 19.3 Å². The maximum absolute atomic E-state index is 13.1. The predicted molar refractivity (Wildman–Crippen MR) is 129 cm³/mol. The number of hydrogen-bond donors (Lipinski definition) is 2. The SMILES string of the molecule is CC(C)(C)OC(=O)C(Cc1ccc(Br)cn1)CC(NC(O)OC(C)(C)C)C(=O)OC(C)(C)C. The molecule has 2 N–H and O–H groups in total. The number of rotatable bonds is 9. The zero-order valence-corrected chi connectivity index (χ0v) is 22.8. The molecule has 0 amide bonds. The smallest absolute Gasteiger partial charge is 0.323 e. The number of carbonyl (C=O) groups excluding carboxylic acids is 2. The van der Waals surface area contributed by atoms with Gasteiger partial charge in [0.05, 0.1) is 11.5 Å². The molecule has 1 heterocycles. The van der Waals surface area contributed by atoms with Gasteiger partial charge in [0, 0.05) is 22.8 Å². The van der Waals surface area contributed by atoms with Crippen LogP contribution >= 0.6 is 15.9 Å². The van der Waals surface area contributed by atoms with Crippen LogP contribution in [0.5, 0.6) is 0 Å². The number of carbonyl (C=O) groups is 2. The first-order chi connectivity index (χ1) is 14.8. The highest BCUT2D eigenvalue weighted by Crippen LogP contribution is 2.22. The van der Waals surface area contributed by atoms with Crippen molar-refractivity contribution >= 4 is 27.9 Å². The van der Waals surface area contributed by atoms with Crippen molar-refractivity contribution < 1.29 is 28.9 Å². The van der Waals surface area contributed by atoms with Gasteiger partial charge >= 0.3 is 11.9 Å². The minimum Gasteiger partial charge on any atom is -0.460 e. The fourth-order valence-electron chi connectivity index (χ4n) is 2.86. The molecule has 33 heavy (non-hydrogen) atoms. The molecule has 0 bridgehead atoms. The number of ether oxygens (including phenoxy) is 3. The van der Waals surface area contributed by atoms with Gasteiger partial charge in [-0.15, -0.1) is 0 Å². The number of nitrogens with one attached hydrogen (secondary N) is 1. The van der Waals surface area contributed by atoms with Crippen LogP contribution in [0.15, 0.2) is 22.8 Å². The third kappa shape index (κ3) is 13.1. The fourth-order valence-corrected chi connectivity index (χ4v) is 3.09. The van der Waals surface area contributed by atoms with Gasteiger partial charge in [0.15, 0.2) is 0 Å². The van der Waals surface area contributed by atoms with Crippen LogP contribution in [0.25, 0.3) is 0 Å². The summed E-state index contributed by atoms with van der Waals surface area (Å²) in [4.78, 5) is 30.4. The lowest BCUT2D eigenvalue weighted by molar-refractivity contribution is -0.194. The number of hydrogen-bond acceptors (Lipinski definition) is 8. The van der Waals surface area contributed by atoms with E-state index in [0.717, 1.165) is 4.47 Å². The van der Waals surface area contributed by atoms with Crippen LogP contribution in [0.3, 0.4) is 0 Å². The van der Waals surface area contributed by atoms with Gasteiger partial charge in [-0.25, -0.2) is 0 Å². The van der Waals surface area contributed by atoms with Crippen LogP contribution < -0.4 is 5.32 Å². The number of aromatic nitrogens is 1. The lowest BCUT2D eigenvalue weighted by Crippen LogP contribution is -2.50. The maximum Gasteiger partial charge on any atom is 0.323 e. The second kappa shape index (κ2) is 11.7. The summed E-state index contributed by atoms with van der Waals surface area (Å²) in [5, 5.41) is 13.1. The molecule has 0 aliphatic rings. The molecule has 188 valence electrons. The molecular weight excluding hydrogens is 492 g/mol. The Balaban J connectivity index is 3.19. The van der Waals surface area contributed by atoms with Gasteiger partial charge in [-0.3, -0.25) is 19.9 Å². The highest BCUT2D eigenvalue weighted by molar-refractivity contribution is 9.10. The molecule has 0 aromatic carbocycles. The quantitative estimate of drug-likeness (QED) is 0.362. The zero-order chi connectivity index (χ0) is 25.6. The molecule has 1 aromatic rings. The first kappa shape index (κ1) is 29.5. The van der Waals surface area contributed by atoms with Crippen molar-refractivity contribution in [1.29, 1.82) is 0 Å². The summed E-state index contributed by atoms with van der Waals surface area (Å²) in [6.45, 7) is 15.9. The lowest BCUT2D eigenvalue weighted by atomic mass is 9.94. The molecule has 0 saturated carbocycles. The molecule has 1 rings (SSSR count). The molecule has 1 aromatic heterocycles. The van der Waals surface area contributed by atoms with E-state index in [0.29, 0.717) is 5.69 Å². The van der Waals surface area contributed by atoms with E-state index in [4.69, 9.17) is 14.2 Å². The van der Waals surface area contributed by atoms with Crippen molar-refractivity contribution in [3.8, 4) is 0 Å². The predicted octanol–water partition coefficient (Wildman–Crippen LogP) is 4.13. The third-order valence-electron chi connectivity index (χ3n) is 4.00. The summed E-state index contributed by atoms with van der Waals surface area (Å²) < 4.78 is 17.5. The second-order valence-corrected chi connectivity index (χ2v) is 11.9. The van der Waals surface area contributed by atoms with Crippen molar-refractivity contribution in [3.63, 3.8) is 0 Å². The summed E-state index contributed by atoms with van der Waals surface area (Å²) in [7, 11) is 0.